The standard InChI is InChI=1S/C35H39N3O5S/c1-25-14-17-31(18-15-25)44(41,42)38(32-19-16-26(2)20-27(32)3)24-34(39)37(23-29-12-9-13-30(21-29)43-5)33(35(40)36-4)22-28-10-7-6-8-11-28/h6-21,33H,22-24H2,1-5H3,(H,36,40). The molecule has 0 fully saturated rings. The van der Waals surface area contributed by atoms with Gasteiger partial charge in [0.15, 0.2) is 0 Å². The van der Waals surface area contributed by atoms with Gasteiger partial charge in [-0.15, -0.1) is 0 Å². The van der Waals surface area contributed by atoms with Gasteiger partial charge in [-0.25, -0.2) is 8.42 Å². The third-order valence-electron chi connectivity index (χ3n) is 7.51. The molecule has 4 rings (SSSR count). The zero-order valence-corrected chi connectivity index (χ0v) is 26.6. The van der Waals surface area contributed by atoms with E-state index in [1.165, 1.54) is 11.9 Å². The van der Waals surface area contributed by atoms with Crippen molar-refractivity contribution in [1.82, 2.24) is 10.2 Å². The maximum absolute atomic E-state index is 14.5. The summed E-state index contributed by atoms with van der Waals surface area (Å²) in [6.07, 6.45) is 0.241. The van der Waals surface area contributed by atoms with Gasteiger partial charge in [-0.05, 0) is 67.8 Å². The first-order valence-electron chi connectivity index (χ1n) is 14.4. The van der Waals surface area contributed by atoms with Crippen LogP contribution in [0.5, 0.6) is 5.75 Å². The van der Waals surface area contributed by atoms with Crippen LogP contribution in [0.3, 0.4) is 0 Å². The molecule has 8 nitrogen and oxygen atoms in total. The molecule has 0 bridgehead atoms. The van der Waals surface area contributed by atoms with Gasteiger partial charge in [0.2, 0.25) is 11.8 Å². The molecule has 4 aromatic rings. The fraction of sp³-hybridized carbons (Fsp3) is 0.257. The Bertz CT molecular complexity index is 1710. The molecule has 1 atom stereocenters. The zero-order valence-electron chi connectivity index (χ0n) is 25.8. The Morgan fingerprint density at radius 3 is 2.11 bits per heavy atom. The number of sulfonamides is 1. The lowest BCUT2D eigenvalue weighted by atomic mass is 10.0. The van der Waals surface area contributed by atoms with Gasteiger partial charge in [0, 0.05) is 20.0 Å². The number of carbonyl (C=O) groups is 2. The Balaban J connectivity index is 1.82. The molecule has 0 aliphatic carbocycles. The number of rotatable bonds is 12. The maximum atomic E-state index is 14.5. The van der Waals surface area contributed by atoms with Gasteiger partial charge >= 0.3 is 0 Å². The number of nitrogens with one attached hydrogen (secondary N) is 1. The first-order valence-corrected chi connectivity index (χ1v) is 15.8. The Kier molecular flexibility index (Phi) is 10.4. The van der Waals surface area contributed by atoms with E-state index in [-0.39, 0.29) is 23.8 Å². The minimum atomic E-state index is -4.16. The Hall–Kier alpha value is -4.63. The summed E-state index contributed by atoms with van der Waals surface area (Å²) in [4.78, 5) is 29.4. The van der Waals surface area contributed by atoms with Crippen LogP contribution in [0.4, 0.5) is 5.69 Å². The number of benzene rings is 4. The monoisotopic (exact) mass is 613 g/mol. The van der Waals surface area contributed by atoms with Crippen molar-refractivity contribution in [2.45, 2.75) is 44.7 Å². The molecular formula is C35H39N3O5S. The predicted molar refractivity (Wildman–Crippen MR) is 173 cm³/mol. The fourth-order valence-electron chi connectivity index (χ4n) is 5.12. The SMILES string of the molecule is CNC(=O)C(Cc1ccccc1)N(Cc1cccc(OC)c1)C(=O)CN(c1ccc(C)cc1C)S(=O)(=O)c1ccc(C)cc1. The zero-order chi connectivity index (χ0) is 31.9. The third kappa shape index (κ3) is 7.65. The quantitative estimate of drug-likeness (QED) is 0.237. The number of likely N-dealkylation sites (N-methyl/N-ethyl adjacent to an activating group) is 1. The van der Waals surface area contributed by atoms with Crippen molar-refractivity contribution in [3.05, 3.63) is 125 Å². The van der Waals surface area contributed by atoms with Gasteiger partial charge in [-0.2, -0.15) is 0 Å². The first kappa shape index (κ1) is 32.3. The van der Waals surface area contributed by atoms with Crippen LogP contribution in [0.2, 0.25) is 0 Å². The van der Waals surface area contributed by atoms with E-state index in [9.17, 15) is 18.0 Å². The summed E-state index contributed by atoms with van der Waals surface area (Å²) >= 11 is 0. The lowest BCUT2D eigenvalue weighted by molar-refractivity contribution is -0.139. The minimum Gasteiger partial charge on any atom is -0.497 e. The van der Waals surface area contributed by atoms with E-state index in [2.05, 4.69) is 5.32 Å². The molecule has 9 heteroatoms. The average molecular weight is 614 g/mol. The van der Waals surface area contributed by atoms with Crippen molar-refractivity contribution >= 4 is 27.5 Å². The summed E-state index contributed by atoms with van der Waals surface area (Å²) in [6, 6.07) is 27.7. The van der Waals surface area contributed by atoms with Crippen LogP contribution in [-0.2, 0) is 32.6 Å². The van der Waals surface area contributed by atoms with E-state index in [0.717, 1.165) is 26.6 Å². The van der Waals surface area contributed by atoms with Crippen LogP contribution in [0.15, 0.2) is 102 Å². The molecule has 0 heterocycles. The second kappa shape index (κ2) is 14.2. The molecule has 2 amide bonds. The summed E-state index contributed by atoms with van der Waals surface area (Å²) in [5.41, 5.74) is 4.58. The molecule has 1 unspecified atom stereocenters. The number of anilines is 1. The predicted octanol–water partition coefficient (Wildman–Crippen LogP) is 5.20. The van der Waals surface area contributed by atoms with Crippen molar-refractivity contribution in [1.29, 1.82) is 0 Å². The maximum Gasteiger partial charge on any atom is 0.264 e. The molecule has 44 heavy (non-hydrogen) atoms. The minimum absolute atomic E-state index is 0.0618. The number of methoxy groups -OCH3 is 1. The van der Waals surface area contributed by atoms with Crippen molar-refractivity contribution in [2.75, 3.05) is 25.0 Å². The normalized spacial score (nSPS) is 11.8. The van der Waals surface area contributed by atoms with Crippen molar-refractivity contribution in [2.24, 2.45) is 0 Å². The third-order valence-corrected chi connectivity index (χ3v) is 9.29. The van der Waals surface area contributed by atoms with Gasteiger partial charge in [0.25, 0.3) is 10.0 Å². The van der Waals surface area contributed by atoms with Crippen LogP contribution < -0.4 is 14.4 Å². The topological polar surface area (TPSA) is 96.0 Å². The second-order valence-corrected chi connectivity index (χ2v) is 12.7. The Morgan fingerprint density at radius 1 is 0.818 bits per heavy atom. The number of hydrogen-bond donors (Lipinski definition) is 1. The van der Waals surface area contributed by atoms with Gasteiger partial charge in [-0.3, -0.25) is 13.9 Å². The van der Waals surface area contributed by atoms with Crippen molar-refractivity contribution in [3.8, 4) is 5.75 Å². The van der Waals surface area contributed by atoms with E-state index in [1.54, 1.807) is 49.6 Å². The highest BCUT2D eigenvalue weighted by Crippen LogP contribution is 2.29. The molecule has 0 radical (unpaired) electrons. The van der Waals surface area contributed by atoms with Crippen molar-refractivity contribution < 1.29 is 22.7 Å². The molecule has 0 saturated heterocycles. The highest BCUT2D eigenvalue weighted by Gasteiger charge is 2.34. The lowest BCUT2D eigenvalue weighted by Crippen LogP contribution is -2.53. The van der Waals surface area contributed by atoms with Crippen LogP contribution in [0.25, 0.3) is 0 Å². The average Bonchev–Trinajstić information content (AvgIpc) is 3.02. The molecule has 0 spiro atoms. The van der Waals surface area contributed by atoms with Crippen molar-refractivity contribution in [3.63, 3.8) is 0 Å². The largest absolute Gasteiger partial charge is 0.497 e. The Morgan fingerprint density at radius 2 is 1.48 bits per heavy atom. The number of carbonyl (C=O) groups excluding carboxylic acids is 2. The van der Waals surface area contributed by atoms with Crippen LogP contribution in [-0.4, -0.2) is 51.9 Å². The summed E-state index contributed by atoms with van der Waals surface area (Å²) in [5, 5.41) is 2.70. The Labute approximate surface area is 260 Å². The number of ether oxygens (including phenoxy) is 1. The number of aryl methyl sites for hydroxylation is 3. The number of nitrogens with zero attached hydrogens (tertiary/aromatic N) is 2. The molecular weight excluding hydrogens is 574 g/mol. The van der Waals surface area contributed by atoms with E-state index in [4.69, 9.17) is 4.74 Å². The van der Waals surface area contributed by atoms with Crippen LogP contribution in [0, 0.1) is 20.8 Å². The van der Waals surface area contributed by atoms with Crippen LogP contribution >= 0.6 is 0 Å². The van der Waals surface area contributed by atoms with Gasteiger partial charge < -0.3 is 15.0 Å². The number of amides is 2. The van der Waals surface area contributed by atoms with E-state index < -0.39 is 28.5 Å². The first-order chi connectivity index (χ1) is 21.0. The molecule has 0 aliphatic rings. The highest BCUT2D eigenvalue weighted by atomic mass is 32.2. The summed E-state index contributed by atoms with van der Waals surface area (Å²) in [6.45, 7) is 5.18. The molecule has 0 aromatic heterocycles. The summed E-state index contributed by atoms with van der Waals surface area (Å²) in [7, 11) is -1.08. The summed E-state index contributed by atoms with van der Waals surface area (Å²) < 4.78 is 34.9. The van der Waals surface area contributed by atoms with Gasteiger partial charge in [0.1, 0.15) is 18.3 Å². The molecule has 4 aromatic carbocycles. The van der Waals surface area contributed by atoms with E-state index >= 15 is 0 Å². The molecule has 230 valence electrons. The molecule has 0 aliphatic heterocycles. The molecule has 1 N–H and O–H groups in total. The van der Waals surface area contributed by atoms with Gasteiger partial charge in [0.05, 0.1) is 17.7 Å². The second-order valence-electron chi connectivity index (χ2n) is 10.8. The number of hydrogen-bond acceptors (Lipinski definition) is 5. The van der Waals surface area contributed by atoms with Gasteiger partial charge in [-0.1, -0.05) is 77.9 Å². The lowest BCUT2D eigenvalue weighted by Gasteiger charge is -2.34. The van der Waals surface area contributed by atoms with Crippen LogP contribution in [0.1, 0.15) is 27.8 Å². The fourth-order valence-corrected chi connectivity index (χ4v) is 6.60. The summed E-state index contributed by atoms with van der Waals surface area (Å²) in [5.74, 6) is -0.272. The van der Waals surface area contributed by atoms with E-state index in [1.807, 2.05) is 75.4 Å². The smallest absolute Gasteiger partial charge is 0.264 e. The highest BCUT2D eigenvalue weighted by molar-refractivity contribution is 7.92. The van der Waals surface area contributed by atoms with E-state index in [0.29, 0.717) is 17.0 Å². The molecule has 0 saturated carbocycles.